The number of likely N-dealkylation sites (tertiary alicyclic amines) is 1. The summed E-state index contributed by atoms with van der Waals surface area (Å²) in [5.41, 5.74) is 0.290. The van der Waals surface area contributed by atoms with Crippen LogP contribution in [0, 0.1) is 6.92 Å². The van der Waals surface area contributed by atoms with Gasteiger partial charge in [0.15, 0.2) is 16.7 Å². The van der Waals surface area contributed by atoms with Crippen molar-refractivity contribution in [1.29, 1.82) is 0 Å². The summed E-state index contributed by atoms with van der Waals surface area (Å²) in [5, 5.41) is 0.599. The molecular weight excluding hydrogens is 646 g/mol. The van der Waals surface area contributed by atoms with Crippen molar-refractivity contribution in [3.8, 4) is 11.5 Å². The van der Waals surface area contributed by atoms with Crippen LogP contribution >= 0.6 is 11.8 Å². The second kappa shape index (κ2) is 12.6. The van der Waals surface area contributed by atoms with Crippen LogP contribution in [-0.2, 0) is 23.8 Å². The Hall–Kier alpha value is -4.46. The Morgan fingerprint density at radius 3 is 2.57 bits per heavy atom. The number of methoxy groups -OCH3 is 1. The first-order chi connectivity index (χ1) is 22.3. The van der Waals surface area contributed by atoms with Crippen LogP contribution in [-0.4, -0.2) is 46.1 Å². The van der Waals surface area contributed by atoms with Crippen LogP contribution in [0.3, 0.4) is 0 Å². The third-order valence-corrected chi connectivity index (χ3v) is 9.00. The lowest BCUT2D eigenvalue weighted by Gasteiger charge is -2.32. The molecule has 1 atom stereocenters. The molecule has 1 unspecified atom stereocenters. The van der Waals surface area contributed by atoms with E-state index in [9.17, 15) is 31.1 Å². The molecule has 0 saturated carbocycles. The number of thioether (sulfide) groups is 1. The zero-order chi connectivity index (χ0) is 33.5. The van der Waals surface area contributed by atoms with E-state index in [0.29, 0.717) is 28.2 Å². The predicted molar refractivity (Wildman–Crippen MR) is 166 cm³/mol. The van der Waals surface area contributed by atoms with Crippen molar-refractivity contribution in [1.82, 2.24) is 14.9 Å². The molecule has 2 aliphatic heterocycles. The fourth-order valence-corrected chi connectivity index (χ4v) is 6.53. The van der Waals surface area contributed by atoms with Gasteiger partial charge in [0.05, 0.1) is 34.2 Å². The first kappa shape index (κ1) is 32.5. The number of nitrogens with zero attached hydrogens (tertiary/aromatic N) is 3. The molecule has 0 spiro atoms. The summed E-state index contributed by atoms with van der Waals surface area (Å²) in [6.45, 7) is 2.78. The number of carbonyl (C=O) groups is 1. The van der Waals surface area contributed by atoms with E-state index in [-0.39, 0.29) is 23.5 Å². The molecule has 4 aromatic rings. The number of H-pyrrole nitrogens is 1. The molecule has 1 amide bonds. The summed E-state index contributed by atoms with van der Waals surface area (Å²) in [7, 11) is 1.34. The second-order valence-electron chi connectivity index (χ2n) is 11.3. The number of aromatic amines is 1. The minimum atomic E-state index is -5.02. The third kappa shape index (κ3) is 7.11. The molecule has 2 aliphatic rings. The lowest BCUT2D eigenvalue weighted by molar-refractivity contribution is -0.143. The van der Waals surface area contributed by atoms with Gasteiger partial charge in [-0.15, -0.1) is 0 Å². The lowest BCUT2D eigenvalue weighted by Crippen LogP contribution is -2.37. The first-order valence-corrected chi connectivity index (χ1v) is 15.4. The van der Waals surface area contributed by atoms with Gasteiger partial charge in [0, 0.05) is 24.6 Å². The third-order valence-electron chi connectivity index (χ3n) is 7.95. The zero-order valence-corrected chi connectivity index (χ0v) is 25.9. The van der Waals surface area contributed by atoms with E-state index in [1.165, 1.54) is 24.9 Å². The van der Waals surface area contributed by atoms with Crippen molar-refractivity contribution < 1.29 is 40.6 Å². The maximum Gasteiger partial charge on any atom is 0.416 e. The van der Waals surface area contributed by atoms with Gasteiger partial charge in [-0.1, -0.05) is 18.2 Å². The highest BCUT2D eigenvalue weighted by Crippen LogP contribution is 2.39. The number of nitrogens with one attached hydrogen (secondary N) is 1. The Kier molecular flexibility index (Phi) is 8.72. The number of aryl methyl sites for hydroxylation is 1. The van der Waals surface area contributed by atoms with E-state index in [1.807, 2.05) is 19.1 Å². The van der Waals surface area contributed by atoms with Crippen LogP contribution in [0.4, 0.5) is 26.3 Å². The number of alkyl halides is 6. The number of hydrogen-bond acceptors (Lipinski definition) is 6. The predicted octanol–water partition coefficient (Wildman–Crippen LogP) is 8.35. The summed E-state index contributed by atoms with van der Waals surface area (Å²) in [6, 6.07) is 12.1. The van der Waals surface area contributed by atoms with Crippen molar-refractivity contribution in [2.75, 3.05) is 20.2 Å². The van der Waals surface area contributed by atoms with Crippen LogP contribution in [0.5, 0.6) is 11.5 Å². The Bertz CT molecular complexity index is 1900. The average molecular weight is 675 g/mol. The number of fused-ring (bicyclic) bond motifs is 1. The van der Waals surface area contributed by atoms with Gasteiger partial charge in [-0.05, 0) is 85.1 Å². The van der Waals surface area contributed by atoms with Crippen LogP contribution < -0.4 is 9.47 Å². The Morgan fingerprint density at radius 2 is 1.83 bits per heavy atom. The minimum Gasteiger partial charge on any atom is -0.493 e. The minimum absolute atomic E-state index is 0.0709. The first-order valence-electron chi connectivity index (χ1n) is 14.6. The van der Waals surface area contributed by atoms with Crippen LogP contribution in [0.15, 0.2) is 64.5 Å². The number of halogens is 6. The number of hydrogen-bond donors (Lipinski definition) is 1. The summed E-state index contributed by atoms with van der Waals surface area (Å²) < 4.78 is 90.7. The normalized spacial score (nSPS) is 18.3. The Morgan fingerprint density at radius 1 is 1.02 bits per heavy atom. The SMILES string of the molecule is COc1cc(/C=C2\SC(N3CCCC(c4nc5ccc(C)cc5[nH]4)C3)=NC2=O)ccc1OCc1ccc(C(F)(F)F)cc1C(F)(F)F. The Labute approximate surface area is 269 Å². The number of aliphatic imine (C=N–C) groups is 1. The zero-order valence-electron chi connectivity index (χ0n) is 25.1. The molecule has 3 heterocycles. The smallest absolute Gasteiger partial charge is 0.416 e. The maximum absolute atomic E-state index is 13.6. The molecule has 1 saturated heterocycles. The standard InChI is InChI=1S/C33H28F6N4O3S/c1-18-5-9-24-25(12-18)41-29(40-24)20-4-3-11-43(16-20)31-42-30(44)28(47-31)14-19-6-10-26(27(13-19)45-2)46-17-21-7-8-22(32(34,35)36)15-23(21)33(37,38)39/h5-10,12-15,20H,3-4,11,16-17H2,1-2H3,(H,40,41)/b28-14-. The summed E-state index contributed by atoms with van der Waals surface area (Å²) >= 11 is 1.25. The monoisotopic (exact) mass is 674 g/mol. The number of ether oxygens (including phenoxy) is 2. The van der Waals surface area contributed by atoms with Gasteiger partial charge in [-0.25, -0.2) is 4.98 Å². The van der Waals surface area contributed by atoms with Crippen molar-refractivity contribution in [3.05, 3.63) is 93.1 Å². The topological polar surface area (TPSA) is 79.8 Å². The fourth-order valence-electron chi connectivity index (χ4n) is 5.59. The lowest BCUT2D eigenvalue weighted by atomic mass is 9.98. The van der Waals surface area contributed by atoms with E-state index >= 15 is 0 Å². The van der Waals surface area contributed by atoms with Gasteiger partial charge in [-0.2, -0.15) is 31.3 Å². The number of benzene rings is 3. The van der Waals surface area contributed by atoms with Gasteiger partial charge in [0.2, 0.25) is 0 Å². The molecule has 0 aliphatic carbocycles. The highest BCUT2D eigenvalue weighted by atomic mass is 32.2. The number of aromatic nitrogens is 2. The van der Waals surface area contributed by atoms with Gasteiger partial charge in [0.1, 0.15) is 12.4 Å². The molecular formula is C33H28F6N4O3S. The molecule has 1 aromatic heterocycles. The molecule has 14 heteroatoms. The fraction of sp³-hybridized carbons (Fsp3) is 0.303. The largest absolute Gasteiger partial charge is 0.493 e. The summed E-state index contributed by atoms with van der Waals surface area (Å²) in [4.78, 5) is 27.9. The van der Waals surface area contributed by atoms with Crippen molar-refractivity contribution in [2.45, 2.75) is 44.6 Å². The van der Waals surface area contributed by atoms with Gasteiger partial charge >= 0.3 is 12.4 Å². The molecule has 0 radical (unpaired) electrons. The number of imidazole rings is 1. The number of amides is 1. The van der Waals surface area contributed by atoms with Gasteiger partial charge in [-0.3, -0.25) is 4.79 Å². The molecule has 3 aromatic carbocycles. The van der Waals surface area contributed by atoms with Crippen molar-refractivity contribution in [3.63, 3.8) is 0 Å². The van der Waals surface area contributed by atoms with Crippen molar-refractivity contribution in [2.24, 2.45) is 4.99 Å². The molecule has 1 fully saturated rings. The number of piperidine rings is 1. The van der Waals surface area contributed by atoms with Crippen LogP contribution in [0.1, 0.15) is 52.4 Å². The van der Waals surface area contributed by atoms with E-state index in [0.717, 1.165) is 47.9 Å². The average Bonchev–Trinajstić information content (AvgIpc) is 3.62. The molecule has 246 valence electrons. The molecule has 6 rings (SSSR count). The maximum atomic E-state index is 13.6. The Balaban J connectivity index is 1.14. The quantitative estimate of drug-likeness (QED) is 0.164. The molecule has 7 nitrogen and oxygen atoms in total. The number of amidine groups is 1. The highest BCUT2D eigenvalue weighted by Gasteiger charge is 2.38. The number of rotatable bonds is 6. The van der Waals surface area contributed by atoms with E-state index in [4.69, 9.17) is 14.5 Å². The molecule has 47 heavy (non-hydrogen) atoms. The highest BCUT2D eigenvalue weighted by molar-refractivity contribution is 8.18. The van der Waals surface area contributed by atoms with Crippen LogP contribution in [0.25, 0.3) is 17.1 Å². The molecule has 1 N–H and O–H groups in total. The summed E-state index contributed by atoms with van der Waals surface area (Å²) in [6.07, 6.45) is -6.45. The van der Waals surface area contributed by atoms with Crippen LogP contribution in [0.2, 0.25) is 0 Å². The number of carbonyl (C=O) groups excluding carboxylic acids is 1. The second-order valence-corrected chi connectivity index (χ2v) is 12.3. The van der Waals surface area contributed by atoms with Crippen molar-refractivity contribution >= 4 is 39.9 Å². The van der Waals surface area contributed by atoms with E-state index in [1.54, 1.807) is 18.2 Å². The van der Waals surface area contributed by atoms with Gasteiger partial charge < -0.3 is 19.4 Å². The van der Waals surface area contributed by atoms with E-state index < -0.39 is 41.6 Å². The van der Waals surface area contributed by atoms with E-state index in [2.05, 4.69) is 20.9 Å². The summed E-state index contributed by atoms with van der Waals surface area (Å²) in [5.74, 6) is 0.895. The molecule has 0 bridgehead atoms. The van der Waals surface area contributed by atoms with Gasteiger partial charge in [0.25, 0.3) is 5.91 Å².